The third-order valence-corrected chi connectivity index (χ3v) is 3.43. The molecule has 0 amide bonds. The van der Waals surface area contributed by atoms with Crippen molar-refractivity contribution in [3.05, 3.63) is 23.8 Å². The zero-order valence-electron chi connectivity index (χ0n) is 14.9. The summed E-state index contributed by atoms with van der Waals surface area (Å²) >= 11 is 0. The van der Waals surface area contributed by atoms with Gasteiger partial charge in [-0.05, 0) is 25.5 Å². The van der Waals surface area contributed by atoms with Gasteiger partial charge in [0.15, 0.2) is 5.96 Å². The molecular weight excluding hydrogens is 294 g/mol. The van der Waals surface area contributed by atoms with Gasteiger partial charge in [0.05, 0.1) is 14.2 Å². The minimum absolute atomic E-state index is 0.693. The molecule has 0 aliphatic carbocycles. The highest BCUT2D eigenvalue weighted by Crippen LogP contribution is 2.25. The average molecular weight is 323 g/mol. The summed E-state index contributed by atoms with van der Waals surface area (Å²) in [6, 6.07) is 5.84. The second-order valence-electron chi connectivity index (χ2n) is 5.06. The van der Waals surface area contributed by atoms with Crippen LogP contribution in [0.5, 0.6) is 11.5 Å². The van der Waals surface area contributed by atoms with Crippen molar-refractivity contribution in [3.8, 4) is 11.5 Å². The van der Waals surface area contributed by atoms with E-state index in [0.29, 0.717) is 6.54 Å². The molecule has 23 heavy (non-hydrogen) atoms. The van der Waals surface area contributed by atoms with Crippen LogP contribution in [0.15, 0.2) is 23.2 Å². The standard InChI is InChI=1S/C17H29N3O3/c1-6-23-11-7-10-19-17(18-2)20(3)13-14-8-9-15(21-4)12-16(14)22-5/h8-9,12H,6-7,10-11,13H2,1-5H3,(H,18,19). The molecule has 0 unspecified atom stereocenters. The van der Waals surface area contributed by atoms with Crippen molar-refractivity contribution in [1.29, 1.82) is 0 Å². The number of nitrogens with zero attached hydrogens (tertiary/aromatic N) is 2. The second-order valence-corrected chi connectivity index (χ2v) is 5.06. The van der Waals surface area contributed by atoms with E-state index in [1.165, 1.54) is 0 Å². The molecule has 0 radical (unpaired) electrons. The average Bonchev–Trinajstić information content (AvgIpc) is 2.58. The van der Waals surface area contributed by atoms with E-state index in [1.807, 2.05) is 32.2 Å². The van der Waals surface area contributed by atoms with E-state index in [2.05, 4.69) is 15.2 Å². The lowest BCUT2D eigenvalue weighted by atomic mass is 10.2. The quantitative estimate of drug-likeness (QED) is 0.429. The zero-order valence-corrected chi connectivity index (χ0v) is 14.9. The fourth-order valence-corrected chi connectivity index (χ4v) is 2.22. The number of benzene rings is 1. The molecule has 1 N–H and O–H groups in total. The minimum Gasteiger partial charge on any atom is -0.497 e. The van der Waals surface area contributed by atoms with Crippen molar-refractivity contribution in [2.24, 2.45) is 4.99 Å². The summed E-state index contributed by atoms with van der Waals surface area (Å²) < 4.78 is 16.0. The van der Waals surface area contributed by atoms with Crippen molar-refractivity contribution >= 4 is 5.96 Å². The maximum atomic E-state index is 5.44. The highest BCUT2D eigenvalue weighted by molar-refractivity contribution is 5.79. The Morgan fingerprint density at radius 1 is 1.26 bits per heavy atom. The summed E-state index contributed by atoms with van der Waals surface area (Å²) in [6.07, 6.45) is 0.951. The number of ether oxygens (including phenoxy) is 3. The molecule has 130 valence electrons. The van der Waals surface area contributed by atoms with Crippen LogP contribution < -0.4 is 14.8 Å². The Hall–Kier alpha value is -1.95. The molecule has 1 aromatic carbocycles. The van der Waals surface area contributed by atoms with E-state index in [1.54, 1.807) is 21.3 Å². The maximum Gasteiger partial charge on any atom is 0.193 e. The Labute approximate surface area is 139 Å². The van der Waals surface area contributed by atoms with Crippen LogP contribution in [0.3, 0.4) is 0 Å². The second kappa shape index (κ2) is 10.7. The van der Waals surface area contributed by atoms with Gasteiger partial charge in [0.2, 0.25) is 0 Å². The smallest absolute Gasteiger partial charge is 0.193 e. The van der Waals surface area contributed by atoms with Gasteiger partial charge in [-0.1, -0.05) is 0 Å². The summed E-state index contributed by atoms with van der Waals surface area (Å²) in [5.74, 6) is 2.44. The van der Waals surface area contributed by atoms with Crippen molar-refractivity contribution in [3.63, 3.8) is 0 Å². The van der Waals surface area contributed by atoms with Crippen LogP contribution in [0.2, 0.25) is 0 Å². The molecule has 6 heteroatoms. The van der Waals surface area contributed by atoms with E-state index in [4.69, 9.17) is 14.2 Å². The van der Waals surface area contributed by atoms with Crippen LogP contribution >= 0.6 is 0 Å². The van der Waals surface area contributed by atoms with E-state index in [-0.39, 0.29) is 0 Å². The number of hydrogen-bond acceptors (Lipinski definition) is 4. The van der Waals surface area contributed by atoms with Gasteiger partial charge >= 0.3 is 0 Å². The molecule has 0 spiro atoms. The molecule has 0 aliphatic rings. The predicted octanol–water partition coefficient (Wildman–Crippen LogP) is 2.14. The Balaban J connectivity index is 2.60. The molecule has 0 aliphatic heterocycles. The monoisotopic (exact) mass is 323 g/mol. The molecule has 6 nitrogen and oxygen atoms in total. The summed E-state index contributed by atoms with van der Waals surface area (Å²) in [4.78, 5) is 6.38. The molecule has 0 heterocycles. The molecule has 1 aromatic rings. The summed E-state index contributed by atoms with van der Waals surface area (Å²) in [5.41, 5.74) is 1.08. The number of nitrogens with one attached hydrogen (secondary N) is 1. The van der Waals surface area contributed by atoms with Crippen molar-refractivity contribution in [1.82, 2.24) is 10.2 Å². The minimum atomic E-state index is 0.693. The number of methoxy groups -OCH3 is 2. The van der Waals surface area contributed by atoms with E-state index in [9.17, 15) is 0 Å². The maximum absolute atomic E-state index is 5.44. The van der Waals surface area contributed by atoms with E-state index in [0.717, 1.165) is 49.2 Å². The fourth-order valence-electron chi connectivity index (χ4n) is 2.22. The molecule has 0 saturated carbocycles. The molecule has 0 fully saturated rings. The largest absolute Gasteiger partial charge is 0.497 e. The Morgan fingerprint density at radius 2 is 2.04 bits per heavy atom. The summed E-state index contributed by atoms with van der Waals surface area (Å²) in [7, 11) is 7.10. The van der Waals surface area contributed by atoms with Crippen molar-refractivity contribution in [2.45, 2.75) is 19.9 Å². The SMILES string of the molecule is CCOCCCNC(=NC)N(C)Cc1ccc(OC)cc1OC. The lowest BCUT2D eigenvalue weighted by Gasteiger charge is -2.23. The lowest BCUT2D eigenvalue weighted by Crippen LogP contribution is -2.39. The van der Waals surface area contributed by atoms with Gasteiger partial charge < -0.3 is 24.4 Å². The number of hydrogen-bond donors (Lipinski definition) is 1. The first-order valence-corrected chi connectivity index (χ1v) is 7.86. The first-order chi connectivity index (χ1) is 11.2. The van der Waals surface area contributed by atoms with Crippen LogP contribution in [0.25, 0.3) is 0 Å². The van der Waals surface area contributed by atoms with Gasteiger partial charge in [-0.25, -0.2) is 0 Å². The molecule has 0 saturated heterocycles. The molecule has 0 aromatic heterocycles. The van der Waals surface area contributed by atoms with Crippen molar-refractivity contribution < 1.29 is 14.2 Å². The molecule has 0 atom stereocenters. The first kappa shape index (κ1) is 19.1. The van der Waals surface area contributed by atoms with Crippen molar-refractivity contribution in [2.75, 3.05) is 48.1 Å². The normalized spacial score (nSPS) is 11.3. The highest BCUT2D eigenvalue weighted by Gasteiger charge is 2.11. The Morgan fingerprint density at radius 3 is 2.65 bits per heavy atom. The van der Waals surface area contributed by atoms with Gasteiger partial charge in [-0.15, -0.1) is 0 Å². The topological polar surface area (TPSA) is 55.3 Å². The molecule has 1 rings (SSSR count). The van der Waals surface area contributed by atoms with E-state index < -0.39 is 0 Å². The fraction of sp³-hybridized carbons (Fsp3) is 0.588. The van der Waals surface area contributed by atoms with Crippen LogP contribution in [0.4, 0.5) is 0 Å². The number of aliphatic imine (C=N–C) groups is 1. The third kappa shape index (κ3) is 6.36. The Bertz CT molecular complexity index is 492. The van der Waals surface area contributed by atoms with Gasteiger partial charge in [-0.2, -0.15) is 0 Å². The summed E-state index contributed by atoms with van der Waals surface area (Å²) in [6.45, 7) is 5.04. The van der Waals surface area contributed by atoms with Gasteiger partial charge in [0.1, 0.15) is 11.5 Å². The first-order valence-electron chi connectivity index (χ1n) is 7.86. The molecular formula is C17H29N3O3. The van der Waals surface area contributed by atoms with E-state index >= 15 is 0 Å². The highest BCUT2D eigenvalue weighted by atomic mass is 16.5. The summed E-state index contributed by atoms with van der Waals surface area (Å²) in [5, 5.41) is 3.34. The zero-order chi connectivity index (χ0) is 17.1. The van der Waals surface area contributed by atoms with Gasteiger partial charge in [-0.3, -0.25) is 4.99 Å². The number of guanidine groups is 1. The Kier molecular flexibility index (Phi) is 8.90. The number of rotatable bonds is 9. The predicted molar refractivity (Wildman–Crippen MR) is 93.5 cm³/mol. The van der Waals surface area contributed by atoms with Crippen LogP contribution in [0, 0.1) is 0 Å². The van der Waals surface area contributed by atoms with Crippen LogP contribution in [-0.2, 0) is 11.3 Å². The van der Waals surface area contributed by atoms with Crippen LogP contribution in [-0.4, -0.2) is 58.9 Å². The van der Waals surface area contributed by atoms with Crippen LogP contribution in [0.1, 0.15) is 18.9 Å². The van der Waals surface area contributed by atoms with Gasteiger partial charge in [0, 0.05) is 52.0 Å². The molecule has 0 bridgehead atoms. The third-order valence-electron chi connectivity index (χ3n) is 3.43. The lowest BCUT2D eigenvalue weighted by molar-refractivity contribution is 0.145. The van der Waals surface area contributed by atoms with Gasteiger partial charge in [0.25, 0.3) is 0 Å².